The van der Waals surface area contributed by atoms with Gasteiger partial charge in [0.05, 0.1) is 5.56 Å². The first-order chi connectivity index (χ1) is 10.4. The van der Waals surface area contributed by atoms with Crippen LogP contribution in [0.3, 0.4) is 0 Å². The van der Waals surface area contributed by atoms with E-state index in [2.05, 4.69) is 5.32 Å². The van der Waals surface area contributed by atoms with E-state index in [4.69, 9.17) is 0 Å². The quantitative estimate of drug-likeness (QED) is 0.533. The van der Waals surface area contributed by atoms with Crippen molar-refractivity contribution < 1.29 is 35.1 Å². The highest BCUT2D eigenvalue weighted by molar-refractivity contribution is 8.00. The Hall–Kier alpha value is -1.03. The molecule has 23 heavy (non-hydrogen) atoms. The highest BCUT2D eigenvalue weighted by Gasteiger charge is 2.57. The van der Waals surface area contributed by atoms with Crippen LogP contribution < -0.4 is 5.32 Å². The molecule has 0 saturated carbocycles. The zero-order valence-corrected chi connectivity index (χ0v) is 12.4. The van der Waals surface area contributed by atoms with Crippen molar-refractivity contribution in [2.45, 2.75) is 30.6 Å². The average Bonchev–Trinajstić information content (AvgIpc) is 2.41. The standard InChI is InChI=1S/C13H13F8NS/c14-11(15,16)10-4-2-9(3-5-10)8-22-6-1-7-23-13(20,21)12(17,18)19/h2-5,22H,1,6-8H2. The van der Waals surface area contributed by atoms with Gasteiger partial charge in [-0.05, 0) is 30.7 Å². The molecule has 1 aromatic carbocycles. The lowest BCUT2D eigenvalue weighted by Gasteiger charge is -2.18. The summed E-state index contributed by atoms with van der Waals surface area (Å²) in [6, 6.07) is 4.36. The van der Waals surface area contributed by atoms with Gasteiger partial charge in [-0.1, -0.05) is 23.9 Å². The number of hydrogen-bond donors (Lipinski definition) is 1. The molecule has 0 amide bonds. The molecule has 0 aromatic heterocycles. The smallest absolute Gasteiger partial charge is 0.313 e. The molecule has 0 bridgehead atoms. The van der Waals surface area contributed by atoms with Crippen molar-refractivity contribution in [3.63, 3.8) is 0 Å². The minimum atomic E-state index is -5.58. The van der Waals surface area contributed by atoms with Crippen LogP contribution >= 0.6 is 11.8 Å². The maximum absolute atomic E-state index is 12.6. The molecule has 0 aliphatic rings. The fourth-order valence-corrected chi connectivity index (χ4v) is 2.23. The molecule has 0 saturated heterocycles. The average molecular weight is 367 g/mol. The summed E-state index contributed by atoms with van der Waals surface area (Å²) >= 11 is -0.487. The Morgan fingerprint density at radius 1 is 0.870 bits per heavy atom. The predicted molar refractivity (Wildman–Crippen MR) is 71.2 cm³/mol. The number of thioether (sulfide) groups is 1. The maximum atomic E-state index is 12.6. The molecule has 0 heterocycles. The molecule has 0 unspecified atom stereocenters. The van der Waals surface area contributed by atoms with Gasteiger partial charge < -0.3 is 5.32 Å². The van der Waals surface area contributed by atoms with E-state index < -0.39 is 40.7 Å². The third-order valence-corrected chi connectivity index (χ3v) is 3.81. The number of halogens is 8. The van der Waals surface area contributed by atoms with Crippen molar-refractivity contribution in [2.24, 2.45) is 0 Å². The van der Waals surface area contributed by atoms with Gasteiger partial charge in [0.25, 0.3) is 0 Å². The third kappa shape index (κ3) is 6.54. The van der Waals surface area contributed by atoms with E-state index in [0.29, 0.717) is 5.56 Å². The van der Waals surface area contributed by atoms with Gasteiger partial charge in [0, 0.05) is 12.3 Å². The number of rotatable bonds is 7. The summed E-state index contributed by atoms with van der Waals surface area (Å²) in [6.07, 6.45) is -9.94. The summed E-state index contributed by atoms with van der Waals surface area (Å²) < 4.78 is 97.8. The van der Waals surface area contributed by atoms with E-state index in [1.54, 1.807) is 0 Å². The van der Waals surface area contributed by atoms with Crippen LogP contribution in [0, 0.1) is 0 Å². The number of benzene rings is 1. The largest absolute Gasteiger partial charge is 0.464 e. The lowest BCUT2D eigenvalue weighted by Crippen LogP contribution is -2.33. The molecule has 0 atom stereocenters. The number of hydrogen-bond acceptors (Lipinski definition) is 2. The summed E-state index contributed by atoms with van der Waals surface area (Å²) in [5.41, 5.74) is -0.238. The minimum Gasteiger partial charge on any atom is -0.313 e. The summed E-state index contributed by atoms with van der Waals surface area (Å²) in [6.45, 7) is 0.362. The molecule has 0 spiro atoms. The van der Waals surface area contributed by atoms with Gasteiger partial charge in [-0.2, -0.15) is 35.1 Å². The molecule has 0 aliphatic carbocycles. The van der Waals surface area contributed by atoms with Crippen LogP contribution in [0.4, 0.5) is 35.1 Å². The zero-order chi connectivity index (χ0) is 17.7. The summed E-state index contributed by atoms with van der Waals surface area (Å²) in [7, 11) is 0. The monoisotopic (exact) mass is 367 g/mol. The van der Waals surface area contributed by atoms with Crippen molar-refractivity contribution >= 4 is 11.8 Å². The molecule has 1 nitrogen and oxygen atoms in total. The predicted octanol–water partition coefficient (Wildman–Crippen LogP) is 5.07. The number of alkyl halides is 8. The Morgan fingerprint density at radius 2 is 1.43 bits per heavy atom. The molecule has 0 aliphatic heterocycles. The Kier molecular flexibility index (Phi) is 6.70. The zero-order valence-electron chi connectivity index (χ0n) is 11.6. The van der Waals surface area contributed by atoms with Gasteiger partial charge in [-0.15, -0.1) is 0 Å². The Morgan fingerprint density at radius 3 is 1.91 bits per heavy atom. The topological polar surface area (TPSA) is 12.0 Å². The van der Waals surface area contributed by atoms with Crippen molar-refractivity contribution in [1.82, 2.24) is 5.32 Å². The van der Waals surface area contributed by atoms with Gasteiger partial charge in [-0.25, -0.2) is 0 Å². The lowest BCUT2D eigenvalue weighted by atomic mass is 10.1. The van der Waals surface area contributed by atoms with E-state index in [-0.39, 0.29) is 19.5 Å². The summed E-state index contributed by atoms with van der Waals surface area (Å²) in [5.74, 6) is -0.396. The molecule has 0 radical (unpaired) electrons. The van der Waals surface area contributed by atoms with Crippen LogP contribution in [0.1, 0.15) is 17.5 Å². The van der Waals surface area contributed by atoms with Crippen molar-refractivity contribution in [1.29, 1.82) is 0 Å². The first-order valence-corrected chi connectivity index (χ1v) is 7.37. The third-order valence-electron chi connectivity index (χ3n) is 2.72. The van der Waals surface area contributed by atoms with Crippen molar-refractivity contribution in [2.75, 3.05) is 12.3 Å². The molecule has 1 aromatic rings. The van der Waals surface area contributed by atoms with Gasteiger partial charge in [-0.3, -0.25) is 0 Å². The van der Waals surface area contributed by atoms with E-state index in [1.807, 2.05) is 0 Å². The molecule has 132 valence electrons. The van der Waals surface area contributed by atoms with E-state index in [0.717, 1.165) is 12.1 Å². The van der Waals surface area contributed by atoms with E-state index in [1.165, 1.54) is 12.1 Å². The van der Waals surface area contributed by atoms with Crippen molar-refractivity contribution in [3.05, 3.63) is 35.4 Å². The van der Waals surface area contributed by atoms with Crippen LogP contribution in [0.2, 0.25) is 0 Å². The van der Waals surface area contributed by atoms with Gasteiger partial charge >= 0.3 is 17.6 Å². The summed E-state index contributed by atoms with van der Waals surface area (Å²) in [4.78, 5) is 0. The van der Waals surface area contributed by atoms with Gasteiger partial charge in [0.2, 0.25) is 0 Å². The van der Waals surface area contributed by atoms with E-state index >= 15 is 0 Å². The maximum Gasteiger partial charge on any atom is 0.464 e. The normalized spacial score (nSPS) is 13.4. The fraction of sp³-hybridized carbons (Fsp3) is 0.538. The van der Waals surface area contributed by atoms with Crippen LogP contribution in [0.5, 0.6) is 0 Å². The van der Waals surface area contributed by atoms with Crippen LogP contribution in [-0.4, -0.2) is 23.7 Å². The van der Waals surface area contributed by atoms with Gasteiger partial charge in [0.1, 0.15) is 0 Å². The highest BCUT2D eigenvalue weighted by atomic mass is 32.2. The Labute approximate surface area is 131 Å². The lowest BCUT2D eigenvalue weighted by molar-refractivity contribution is -0.237. The van der Waals surface area contributed by atoms with Crippen LogP contribution in [0.15, 0.2) is 24.3 Å². The molecular weight excluding hydrogens is 354 g/mol. The second-order valence-corrected chi connectivity index (χ2v) is 5.80. The Balaban J connectivity index is 2.26. The van der Waals surface area contributed by atoms with Crippen molar-refractivity contribution in [3.8, 4) is 0 Å². The number of nitrogens with one attached hydrogen (secondary N) is 1. The molecule has 10 heteroatoms. The first kappa shape index (κ1) is 20.0. The Bertz CT molecular complexity index is 480. The van der Waals surface area contributed by atoms with Gasteiger partial charge in [0.15, 0.2) is 0 Å². The highest BCUT2D eigenvalue weighted by Crippen LogP contribution is 2.44. The second kappa shape index (κ2) is 7.69. The minimum absolute atomic E-state index is 0.0664. The molecule has 1 rings (SSSR count). The first-order valence-electron chi connectivity index (χ1n) is 6.39. The SMILES string of the molecule is FC(F)(F)c1ccc(CNCCCSC(F)(F)C(F)(F)F)cc1. The molecule has 1 N–H and O–H groups in total. The second-order valence-electron chi connectivity index (χ2n) is 4.59. The molecule has 0 fully saturated rings. The fourth-order valence-electron chi connectivity index (χ4n) is 1.52. The van der Waals surface area contributed by atoms with E-state index in [9.17, 15) is 35.1 Å². The van der Waals surface area contributed by atoms with Crippen LogP contribution in [-0.2, 0) is 12.7 Å². The summed E-state index contributed by atoms with van der Waals surface area (Å²) in [5, 5.41) is -2.01. The van der Waals surface area contributed by atoms with Crippen LogP contribution in [0.25, 0.3) is 0 Å². The molecular formula is C13H13F8NS.